The third kappa shape index (κ3) is 10.4. The molecular formula is C18H36ClNO2. The highest BCUT2D eigenvalue weighted by Crippen LogP contribution is 2.19. The molecule has 3 nitrogen and oxygen atoms in total. The van der Waals surface area contributed by atoms with E-state index < -0.39 is 11.5 Å². The lowest BCUT2D eigenvalue weighted by Crippen LogP contribution is -2.45. The minimum absolute atomic E-state index is 0.637. The molecular weight excluding hydrogens is 298 g/mol. The molecule has 0 saturated carbocycles. The van der Waals surface area contributed by atoms with Crippen LogP contribution in [0.1, 0.15) is 97.8 Å². The number of hydrogen-bond acceptors (Lipinski definition) is 2. The number of carboxylic acids is 1. The van der Waals surface area contributed by atoms with Gasteiger partial charge in [0.2, 0.25) is 0 Å². The summed E-state index contributed by atoms with van der Waals surface area (Å²) in [6.07, 6.45) is 15.6. The third-order valence-electron chi connectivity index (χ3n) is 4.34. The molecule has 132 valence electrons. The fourth-order valence-corrected chi connectivity index (χ4v) is 2.67. The molecule has 0 rings (SSSR count). The number of hydrogen-bond donors (Lipinski definition) is 1. The van der Waals surface area contributed by atoms with Crippen LogP contribution >= 0.6 is 11.8 Å². The fraction of sp³-hybridized carbons (Fsp3) is 0.944. The predicted octanol–water partition coefficient (Wildman–Crippen LogP) is 6.01. The van der Waals surface area contributed by atoms with Crippen LogP contribution in [0.2, 0.25) is 0 Å². The highest BCUT2D eigenvalue weighted by molar-refractivity contribution is 6.15. The minimum atomic E-state index is -0.987. The molecule has 0 saturated heterocycles. The molecule has 0 amide bonds. The van der Waals surface area contributed by atoms with Crippen molar-refractivity contribution in [2.24, 2.45) is 0 Å². The van der Waals surface area contributed by atoms with Gasteiger partial charge in [-0.2, -0.15) is 0 Å². The average Bonchev–Trinajstić information content (AvgIpc) is 2.47. The van der Waals surface area contributed by atoms with Crippen molar-refractivity contribution >= 4 is 17.7 Å². The molecule has 0 aromatic carbocycles. The summed E-state index contributed by atoms with van der Waals surface area (Å²) >= 11 is 6.05. The lowest BCUT2D eigenvalue weighted by molar-refractivity contribution is -0.146. The molecule has 4 heteroatoms. The first-order chi connectivity index (χ1) is 10.4. The van der Waals surface area contributed by atoms with Gasteiger partial charge in [-0.05, 0) is 32.0 Å². The molecule has 0 aromatic rings. The van der Waals surface area contributed by atoms with Crippen molar-refractivity contribution in [3.63, 3.8) is 0 Å². The quantitative estimate of drug-likeness (QED) is 0.295. The van der Waals surface area contributed by atoms with Gasteiger partial charge in [0.05, 0.1) is 0 Å². The predicted molar refractivity (Wildman–Crippen MR) is 95.4 cm³/mol. The molecule has 0 aromatic heterocycles. The largest absolute Gasteiger partial charge is 0.480 e. The number of halogens is 1. The van der Waals surface area contributed by atoms with Gasteiger partial charge in [0.15, 0.2) is 0 Å². The number of carbonyl (C=O) groups is 1. The van der Waals surface area contributed by atoms with Gasteiger partial charge in [0, 0.05) is 6.54 Å². The Bertz CT molecular complexity index is 282. The monoisotopic (exact) mass is 333 g/mol. The Balaban J connectivity index is 3.35. The van der Waals surface area contributed by atoms with E-state index in [1.165, 1.54) is 68.6 Å². The summed E-state index contributed by atoms with van der Waals surface area (Å²) < 4.78 is 1.42. The van der Waals surface area contributed by atoms with E-state index in [0.29, 0.717) is 6.54 Å². The van der Waals surface area contributed by atoms with Crippen molar-refractivity contribution in [1.82, 2.24) is 4.42 Å². The molecule has 0 spiro atoms. The van der Waals surface area contributed by atoms with E-state index in [1.807, 2.05) is 0 Å². The van der Waals surface area contributed by atoms with E-state index in [1.54, 1.807) is 13.8 Å². The van der Waals surface area contributed by atoms with Crippen LogP contribution in [-0.2, 0) is 4.79 Å². The Morgan fingerprint density at radius 1 is 0.864 bits per heavy atom. The summed E-state index contributed by atoms with van der Waals surface area (Å²) in [5, 5.41) is 9.08. The molecule has 0 atom stereocenters. The van der Waals surface area contributed by atoms with E-state index in [4.69, 9.17) is 16.9 Å². The van der Waals surface area contributed by atoms with Gasteiger partial charge in [-0.1, -0.05) is 77.6 Å². The standard InChI is InChI=1S/C18H36ClNO2/c1-4-5-6-7-8-9-10-11-12-13-14-15-16-20(19)18(2,3)17(21)22/h4-16H2,1-3H3,(H,21,22). The van der Waals surface area contributed by atoms with Crippen LogP contribution in [0.3, 0.4) is 0 Å². The molecule has 0 aliphatic carbocycles. The number of rotatable bonds is 15. The lowest BCUT2D eigenvalue weighted by atomic mass is 10.0. The van der Waals surface area contributed by atoms with Crippen LogP contribution in [-0.4, -0.2) is 27.6 Å². The van der Waals surface area contributed by atoms with E-state index in [0.717, 1.165) is 12.8 Å². The maximum absolute atomic E-state index is 11.1. The highest BCUT2D eigenvalue weighted by Gasteiger charge is 2.33. The van der Waals surface area contributed by atoms with Gasteiger partial charge in [-0.3, -0.25) is 4.79 Å². The van der Waals surface area contributed by atoms with Gasteiger partial charge < -0.3 is 5.11 Å². The topological polar surface area (TPSA) is 40.5 Å². The first-order valence-electron chi connectivity index (χ1n) is 9.09. The fourth-order valence-electron chi connectivity index (χ4n) is 2.47. The van der Waals surface area contributed by atoms with Gasteiger partial charge in [-0.15, -0.1) is 0 Å². The number of nitrogens with zero attached hydrogens (tertiary/aromatic N) is 1. The normalized spacial score (nSPS) is 12.0. The molecule has 0 bridgehead atoms. The maximum Gasteiger partial charge on any atom is 0.324 e. The third-order valence-corrected chi connectivity index (χ3v) is 4.93. The summed E-state index contributed by atoms with van der Waals surface area (Å²) in [6.45, 7) is 6.18. The molecule has 0 heterocycles. The lowest BCUT2D eigenvalue weighted by Gasteiger charge is -2.28. The summed E-state index contributed by atoms with van der Waals surface area (Å²) in [6, 6.07) is 0. The Morgan fingerprint density at radius 3 is 1.59 bits per heavy atom. The Hall–Kier alpha value is -0.280. The molecule has 0 fully saturated rings. The SMILES string of the molecule is CCCCCCCCCCCCCCN(Cl)C(C)(C)C(=O)O. The minimum Gasteiger partial charge on any atom is -0.480 e. The van der Waals surface area contributed by atoms with Crippen LogP contribution < -0.4 is 0 Å². The Labute approximate surface area is 142 Å². The van der Waals surface area contributed by atoms with Crippen molar-refractivity contribution < 1.29 is 9.90 Å². The summed E-state index contributed by atoms with van der Waals surface area (Å²) in [5.41, 5.74) is -0.987. The molecule has 0 unspecified atom stereocenters. The van der Waals surface area contributed by atoms with E-state index in [9.17, 15) is 4.79 Å². The van der Waals surface area contributed by atoms with E-state index in [2.05, 4.69) is 6.92 Å². The van der Waals surface area contributed by atoms with Crippen LogP contribution in [0.15, 0.2) is 0 Å². The number of aliphatic carboxylic acids is 1. The van der Waals surface area contributed by atoms with Crippen molar-refractivity contribution in [1.29, 1.82) is 0 Å². The summed E-state index contributed by atoms with van der Waals surface area (Å²) in [7, 11) is 0. The van der Waals surface area contributed by atoms with Crippen LogP contribution in [0.4, 0.5) is 0 Å². The Kier molecular flexibility index (Phi) is 13.0. The first-order valence-corrected chi connectivity index (χ1v) is 9.43. The second-order valence-corrected chi connectivity index (χ2v) is 7.25. The second kappa shape index (κ2) is 13.2. The number of carboxylic acid groups (broad SMARTS) is 1. The van der Waals surface area contributed by atoms with Crippen LogP contribution in [0.25, 0.3) is 0 Å². The van der Waals surface area contributed by atoms with Gasteiger partial charge in [0.1, 0.15) is 5.54 Å². The number of unbranched alkanes of at least 4 members (excludes halogenated alkanes) is 11. The molecule has 1 N–H and O–H groups in total. The zero-order valence-electron chi connectivity index (χ0n) is 14.9. The Morgan fingerprint density at radius 2 is 1.23 bits per heavy atom. The zero-order valence-corrected chi connectivity index (χ0v) is 15.6. The van der Waals surface area contributed by atoms with Crippen molar-refractivity contribution in [2.75, 3.05) is 6.54 Å². The highest BCUT2D eigenvalue weighted by atomic mass is 35.5. The smallest absolute Gasteiger partial charge is 0.324 e. The van der Waals surface area contributed by atoms with Crippen molar-refractivity contribution in [3.05, 3.63) is 0 Å². The van der Waals surface area contributed by atoms with E-state index >= 15 is 0 Å². The second-order valence-electron chi connectivity index (χ2n) is 6.84. The summed E-state index contributed by atoms with van der Waals surface area (Å²) in [4.78, 5) is 11.1. The molecule has 0 radical (unpaired) electrons. The molecule has 0 aliphatic rings. The van der Waals surface area contributed by atoms with Gasteiger partial charge >= 0.3 is 5.97 Å². The van der Waals surface area contributed by atoms with Crippen LogP contribution in [0.5, 0.6) is 0 Å². The zero-order chi connectivity index (χ0) is 16.8. The van der Waals surface area contributed by atoms with Crippen molar-refractivity contribution in [2.45, 2.75) is 103 Å². The molecule has 22 heavy (non-hydrogen) atoms. The van der Waals surface area contributed by atoms with Crippen molar-refractivity contribution in [3.8, 4) is 0 Å². The van der Waals surface area contributed by atoms with Gasteiger partial charge in [-0.25, -0.2) is 4.42 Å². The average molecular weight is 334 g/mol. The first kappa shape index (κ1) is 21.7. The van der Waals surface area contributed by atoms with E-state index in [-0.39, 0.29) is 0 Å². The maximum atomic E-state index is 11.1. The summed E-state index contributed by atoms with van der Waals surface area (Å²) in [5.74, 6) is -0.874. The van der Waals surface area contributed by atoms with Crippen LogP contribution in [0, 0.1) is 0 Å². The van der Waals surface area contributed by atoms with Gasteiger partial charge in [0.25, 0.3) is 0 Å². The molecule has 0 aliphatic heterocycles.